The van der Waals surface area contributed by atoms with Gasteiger partial charge in [-0.15, -0.1) is 11.3 Å². The zero-order valence-corrected chi connectivity index (χ0v) is 14.7. The zero-order valence-electron chi connectivity index (χ0n) is 13.9. The van der Waals surface area contributed by atoms with Crippen LogP contribution in [0.2, 0.25) is 0 Å². The molecule has 2 aromatic heterocycles. The van der Waals surface area contributed by atoms with E-state index in [1.807, 2.05) is 51.2 Å². The SMILES string of the molecule is Cc1nc(C(C)(C)NC(=O)Cc2c[nH]c3ccccc23)sc1C. The summed E-state index contributed by atoms with van der Waals surface area (Å²) >= 11 is 1.64. The van der Waals surface area contributed by atoms with Crippen molar-refractivity contribution in [1.29, 1.82) is 0 Å². The fraction of sp³-hybridized carbons (Fsp3) is 0.333. The predicted octanol–water partition coefficient (Wildman–Crippen LogP) is 3.84. The van der Waals surface area contributed by atoms with Gasteiger partial charge in [-0.25, -0.2) is 4.98 Å². The molecule has 0 aliphatic carbocycles. The molecule has 120 valence electrons. The topological polar surface area (TPSA) is 57.8 Å². The van der Waals surface area contributed by atoms with Gasteiger partial charge in [-0.1, -0.05) is 18.2 Å². The molecule has 0 saturated carbocycles. The number of amides is 1. The summed E-state index contributed by atoms with van der Waals surface area (Å²) in [5.74, 6) is 0.00487. The number of H-pyrrole nitrogens is 1. The lowest BCUT2D eigenvalue weighted by Gasteiger charge is -2.23. The molecule has 3 aromatic rings. The minimum atomic E-state index is -0.465. The second-order valence-corrected chi connectivity index (χ2v) is 7.57. The molecule has 0 aliphatic rings. The van der Waals surface area contributed by atoms with Crippen LogP contribution in [0, 0.1) is 13.8 Å². The Balaban J connectivity index is 1.76. The maximum absolute atomic E-state index is 12.5. The normalized spacial score (nSPS) is 11.8. The quantitative estimate of drug-likeness (QED) is 0.765. The van der Waals surface area contributed by atoms with Crippen LogP contribution < -0.4 is 5.32 Å². The van der Waals surface area contributed by atoms with E-state index in [1.54, 1.807) is 11.3 Å². The summed E-state index contributed by atoms with van der Waals surface area (Å²) in [7, 11) is 0. The Hall–Kier alpha value is -2.14. The average Bonchev–Trinajstić information content (AvgIpc) is 3.04. The summed E-state index contributed by atoms with van der Waals surface area (Å²) in [5.41, 5.74) is 2.64. The Morgan fingerprint density at radius 3 is 2.74 bits per heavy atom. The molecule has 1 aromatic carbocycles. The Labute approximate surface area is 140 Å². The smallest absolute Gasteiger partial charge is 0.225 e. The van der Waals surface area contributed by atoms with Crippen molar-refractivity contribution >= 4 is 28.1 Å². The van der Waals surface area contributed by atoms with Crippen molar-refractivity contribution in [2.45, 2.75) is 39.7 Å². The summed E-state index contributed by atoms with van der Waals surface area (Å²) in [6.45, 7) is 8.05. The number of para-hydroxylation sites is 1. The lowest BCUT2D eigenvalue weighted by Crippen LogP contribution is -2.41. The number of aromatic amines is 1. The van der Waals surface area contributed by atoms with Crippen molar-refractivity contribution in [3.05, 3.63) is 51.6 Å². The number of nitrogens with zero attached hydrogens (tertiary/aromatic N) is 1. The van der Waals surface area contributed by atoms with Gasteiger partial charge in [0, 0.05) is 22.0 Å². The van der Waals surface area contributed by atoms with Crippen molar-refractivity contribution in [1.82, 2.24) is 15.3 Å². The van der Waals surface area contributed by atoms with Gasteiger partial charge in [0.05, 0.1) is 17.7 Å². The predicted molar refractivity (Wildman–Crippen MR) is 94.8 cm³/mol. The van der Waals surface area contributed by atoms with Gasteiger partial charge in [0.1, 0.15) is 5.01 Å². The number of hydrogen-bond donors (Lipinski definition) is 2. The van der Waals surface area contributed by atoms with E-state index in [-0.39, 0.29) is 5.91 Å². The molecule has 0 atom stereocenters. The maximum atomic E-state index is 12.5. The average molecular weight is 327 g/mol. The van der Waals surface area contributed by atoms with Crippen LogP contribution >= 0.6 is 11.3 Å². The molecule has 3 rings (SSSR count). The van der Waals surface area contributed by atoms with Crippen molar-refractivity contribution in [3.63, 3.8) is 0 Å². The minimum Gasteiger partial charge on any atom is -0.361 e. The number of nitrogens with one attached hydrogen (secondary N) is 2. The van der Waals surface area contributed by atoms with Gasteiger partial charge in [-0.05, 0) is 39.3 Å². The fourth-order valence-electron chi connectivity index (χ4n) is 2.64. The van der Waals surface area contributed by atoms with E-state index >= 15 is 0 Å². The van der Waals surface area contributed by atoms with E-state index in [0.29, 0.717) is 6.42 Å². The van der Waals surface area contributed by atoms with Crippen LogP contribution in [0.3, 0.4) is 0 Å². The van der Waals surface area contributed by atoms with E-state index in [9.17, 15) is 4.79 Å². The Morgan fingerprint density at radius 1 is 1.30 bits per heavy atom. The van der Waals surface area contributed by atoms with E-state index in [0.717, 1.165) is 27.2 Å². The lowest BCUT2D eigenvalue weighted by atomic mass is 10.1. The summed E-state index contributed by atoms with van der Waals surface area (Å²) in [6, 6.07) is 8.02. The molecule has 2 N–H and O–H groups in total. The molecule has 0 spiro atoms. The molecule has 0 saturated heterocycles. The lowest BCUT2D eigenvalue weighted by molar-refractivity contribution is -0.122. The maximum Gasteiger partial charge on any atom is 0.225 e. The Kier molecular flexibility index (Phi) is 3.98. The van der Waals surface area contributed by atoms with E-state index in [4.69, 9.17) is 0 Å². The van der Waals surface area contributed by atoms with Gasteiger partial charge < -0.3 is 10.3 Å². The number of fused-ring (bicyclic) bond motifs is 1. The molecule has 23 heavy (non-hydrogen) atoms. The Bertz CT molecular complexity index is 841. The molecule has 1 amide bonds. The summed E-state index contributed by atoms with van der Waals surface area (Å²) in [6.07, 6.45) is 2.27. The molecular weight excluding hydrogens is 306 g/mol. The van der Waals surface area contributed by atoms with E-state index < -0.39 is 5.54 Å². The highest BCUT2D eigenvalue weighted by atomic mass is 32.1. The monoisotopic (exact) mass is 327 g/mol. The second-order valence-electron chi connectivity index (χ2n) is 6.37. The van der Waals surface area contributed by atoms with E-state index in [1.165, 1.54) is 4.88 Å². The first-order valence-electron chi connectivity index (χ1n) is 7.67. The van der Waals surface area contributed by atoms with Gasteiger partial charge >= 0.3 is 0 Å². The minimum absolute atomic E-state index is 0.00487. The van der Waals surface area contributed by atoms with E-state index in [2.05, 4.69) is 22.2 Å². The number of benzene rings is 1. The number of carbonyl (C=O) groups is 1. The van der Waals surface area contributed by atoms with Crippen molar-refractivity contribution in [3.8, 4) is 0 Å². The first-order chi connectivity index (χ1) is 10.9. The number of rotatable bonds is 4. The van der Waals surface area contributed by atoms with Gasteiger partial charge in [-0.2, -0.15) is 0 Å². The molecule has 0 aliphatic heterocycles. The van der Waals surface area contributed by atoms with Crippen molar-refractivity contribution in [2.75, 3.05) is 0 Å². The molecule has 0 radical (unpaired) electrons. The standard InChI is InChI=1S/C18H21N3OS/c1-11-12(2)23-17(20-11)18(3,4)21-16(22)9-13-10-19-15-8-6-5-7-14(13)15/h5-8,10,19H,9H2,1-4H3,(H,21,22). The summed E-state index contributed by atoms with van der Waals surface area (Å²) < 4.78 is 0. The summed E-state index contributed by atoms with van der Waals surface area (Å²) in [5, 5.41) is 5.15. The fourth-order valence-corrected chi connectivity index (χ4v) is 3.61. The molecule has 5 heteroatoms. The van der Waals surface area contributed by atoms with Gasteiger partial charge in [0.2, 0.25) is 5.91 Å². The molecule has 0 unspecified atom stereocenters. The molecule has 0 fully saturated rings. The third-order valence-electron chi connectivity index (χ3n) is 4.04. The molecule has 2 heterocycles. The number of aromatic nitrogens is 2. The summed E-state index contributed by atoms with van der Waals surface area (Å²) in [4.78, 5) is 21.5. The van der Waals surface area contributed by atoms with Gasteiger partial charge in [0.15, 0.2) is 0 Å². The highest BCUT2D eigenvalue weighted by Crippen LogP contribution is 2.27. The van der Waals surface area contributed by atoms with Crippen LogP contribution in [-0.2, 0) is 16.8 Å². The third kappa shape index (κ3) is 3.15. The van der Waals surface area contributed by atoms with Crippen LogP contribution in [0.1, 0.15) is 35.0 Å². The molecule has 0 bridgehead atoms. The van der Waals surface area contributed by atoms with Crippen molar-refractivity contribution < 1.29 is 4.79 Å². The van der Waals surface area contributed by atoms with Crippen molar-refractivity contribution in [2.24, 2.45) is 0 Å². The number of hydrogen-bond acceptors (Lipinski definition) is 3. The number of thiazole rings is 1. The highest BCUT2D eigenvalue weighted by molar-refractivity contribution is 7.11. The molecular formula is C18H21N3OS. The Morgan fingerprint density at radius 2 is 2.04 bits per heavy atom. The zero-order chi connectivity index (χ0) is 16.6. The van der Waals surface area contributed by atoms with Gasteiger partial charge in [0.25, 0.3) is 0 Å². The van der Waals surface area contributed by atoms with Crippen LogP contribution in [0.4, 0.5) is 0 Å². The highest BCUT2D eigenvalue weighted by Gasteiger charge is 2.27. The van der Waals surface area contributed by atoms with Crippen LogP contribution in [0.5, 0.6) is 0 Å². The van der Waals surface area contributed by atoms with Crippen LogP contribution in [-0.4, -0.2) is 15.9 Å². The number of carbonyl (C=O) groups excluding carboxylic acids is 1. The first kappa shape index (κ1) is 15.7. The first-order valence-corrected chi connectivity index (χ1v) is 8.49. The van der Waals surface area contributed by atoms with Crippen LogP contribution in [0.25, 0.3) is 10.9 Å². The van der Waals surface area contributed by atoms with Crippen LogP contribution in [0.15, 0.2) is 30.5 Å². The second kappa shape index (κ2) is 5.81. The molecule has 4 nitrogen and oxygen atoms in total. The largest absolute Gasteiger partial charge is 0.361 e. The number of aryl methyl sites for hydroxylation is 2. The van der Waals surface area contributed by atoms with Gasteiger partial charge in [-0.3, -0.25) is 4.79 Å². The third-order valence-corrected chi connectivity index (χ3v) is 5.44.